The van der Waals surface area contributed by atoms with Crippen LogP contribution in [0.15, 0.2) is 24.3 Å². The van der Waals surface area contributed by atoms with Crippen LogP contribution < -0.4 is 5.32 Å². The van der Waals surface area contributed by atoms with Crippen molar-refractivity contribution in [2.75, 3.05) is 13.6 Å². The third-order valence-corrected chi connectivity index (χ3v) is 3.89. The SMILES string of the molecule is CN(Cc1ccc(C(F)(F)F)cc1)C(=O)C1(C)CCCN1. The molecule has 1 fully saturated rings. The van der Waals surface area contributed by atoms with Gasteiger partial charge < -0.3 is 10.2 Å². The number of alkyl halides is 3. The summed E-state index contributed by atoms with van der Waals surface area (Å²) in [5.41, 5.74) is -0.550. The summed E-state index contributed by atoms with van der Waals surface area (Å²) in [5, 5.41) is 3.19. The zero-order chi connectivity index (χ0) is 15.7. The fourth-order valence-corrected chi connectivity index (χ4v) is 2.64. The Morgan fingerprint density at radius 1 is 1.33 bits per heavy atom. The summed E-state index contributed by atoms with van der Waals surface area (Å²) in [6.07, 6.45) is -2.60. The monoisotopic (exact) mass is 300 g/mol. The number of benzene rings is 1. The van der Waals surface area contributed by atoms with Gasteiger partial charge in [-0.25, -0.2) is 0 Å². The van der Waals surface area contributed by atoms with E-state index >= 15 is 0 Å². The first kappa shape index (κ1) is 15.8. The number of carbonyl (C=O) groups excluding carboxylic acids is 1. The maximum atomic E-state index is 12.5. The number of nitrogens with one attached hydrogen (secondary N) is 1. The van der Waals surface area contributed by atoms with Gasteiger partial charge in [-0.05, 0) is 44.0 Å². The highest BCUT2D eigenvalue weighted by molar-refractivity contribution is 5.86. The Hall–Kier alpha value is -1.56. The summed E-state index contributed by atoms with van der Waals surface area (Å²) in [6.45, 7) is 2.98. The topological polar surface area (TPSA) is 32.3 Å². The van der Waals surface area contributed by atoms with Crippen LogP contribution in [0.4, 0.5) is 13.2 Å². The van der Waals surface area contributed by atoms with Crippen LogP contribution in [-0.2, 0) is 17.5 Å². The molecule has 1 heterocycles. The van der Waals surface area contributed by atoms with E-state index < -0.39 is 17.3 Å². The van der Waals surface area contributed by atoms with E-state index in [-0.39, 0.29) is 5.91 Å². The highest BCUT2D eigenvalue weighted by Crippen LogP contribution is 2.29. The van der Waals surface area contributed by atoms with Crippen molar-refractivity contribution in [1.29, 1.82) is 0 Å². The van der Waals surface area contributed by atoms with E-state index in [0.717, 1.165) is 31.5 Å². The first-order chi connectivity index (χ1) is 9.72. The van der Waals surface area contributed by atoms with Gasteiger partial charge in [0.15, 0.2) is 0 Å². The van der Waals surface area contributed by atoms with Gasteiger partial charge >= 0.3 is 6.18 Å². The third kappa shape index (κ3) is 3.56. The average molecular weight is 300 g/mol. The fraction of sp³-hybridized carbons (Fsp3) is 0.533. The van der Waals surface area contributed by atoms with Crippen LogP contribution in [0.25, 0.3) is 0 Å². The minimum absolute atomic E-state index is 0.0279. The van der Waals surface area contributed by atoms with E-state index in [1.807, 2.05) is 6.92 Å². The standard InChI is InChI=1S/C15H19F3N2O/c1-14(8-3-9-19-14)13(21)20(2)10-11-4-6-12(7-5-11)15(16,17)18/h4-7,19H,3,8-10H2,1-2H3. The van der Waals surface area contributed by atoms with Crippen LogP contribution in [0.5, 0.6) is 0 Å². The highest BCUT2D eigenvalue weighted by Gasteiger charge is 2.37. The van der Waals surface area contributed by atoms with Crippen molar-refractivity contribution in [1.82, 2.24) is 10.2 Å². The largest absolute Gasteiger partial charge is 0.416 e. The van der Waals surface area contributed by atoms with E-state index in [0.29, 0.717) is 12.1 Å². The van der Waals surface area contributed by atoms with Crippen LogP contribution in [0.3, 0.4) is 0 Å². The molecule has 1 amide bonds. The van der Waals surface area contributed by atoms with Gasteiger partial charge in [-0.1, -0.05) is 12.1 Å². The van der Waals surface area contributed by atoms with Crippen molar-refractivity contribution in [2.45, 2.75) is 38.0 Å². The maximum absolute atomic E-state index is 12.5. The minimum Gasteiger partial charge on any atom is -0.340 e. The van der Waals surface area contributed by atoms with Gasteiger partial charge in [0.25, 0.3) is 0 Å². The molecule has 21 heavy (non-hydrogen) atoms. The number of nitrogens with zero attached hydrogens (tertiary/aromatic N) is 1. The smallest absolute Gasteiger partial charge is 0.340 e. The molecule has 1 aliphatic rings. The Balaban J connectivity index is 2.02. The first-order valence-electron chi connectivity index (χ1n) is 6.89. The molecule has 0 aromatic heterocycles. The zero-order valence-corrected chi connectivity index (χ0v) is 12.1. The fourth-order valence-electron chi connectivity index (χ4n) is 2.64. The van der Waals surface area contributed by atoms with Gasteiger partial charge in [0.2, 0.25) is 5.91 Å². The molecule has 1 N–H and O–H groups in total. The van der Waals surface area contributed by atoms with Gasteiger partial charge in [0.1, 0.15) is 0 Å². The van der Waals surface area contributed by atoms with Crippen molar-refractivity contribution >= 4 is 5.91 Å². The lowest BCUT2D eigenvalue weighted by atomic mass is 9.98. The molecule has 0 saturated carbocycles. The Labute approximate surface area is 122 Å². The summed E-state index contributed by atoms with van der Waals surface area (Å²) >= 11 is 0. The van der Waals surface area contributed by atoms with Crippen LogP contribution >= 0.6 is 0 Å². The zero-order valence-electron chi connectivity index (χ0n) is 12.1. The predicted octanol–water partition coefficient (Wildman–Crippen LogP) is 2.81. The lowest BCUT2D eigenvalue weighted by molar-refractivity contribution is -0.138. The second-order valence-electron chi connectivity index (χ2n) is 5.72. The van der Waals surface area contributed by atoms with Crippen LogP contribution in [0.2, 0.25) is 0 Å². The number of likely N-dealkylation sites (N-methyl/N-ethyl adjacent to an activating group) is 1. The van der Waals surface area contributed by atoms with Gasteiger partial charge in [-0.3, -0.25) is 4.79 Å². The van der Waals surface area contributed by atoms with Gasteiger partial charge in [0.05, 0.1) is 11.1 Å². The number of carbonyl (C=O) groups is 1. The highest BCUT2D eigenvalue weighted by atomic mass is 19.4. The lowest BCUT2D eigenvalue weighted by Gasteiger charge is -2.29. The second-order valence-corrected chi connectivity index (χ2v) is 5.72. The number of hydrogen-bond donors (Lipinski definition) is 1. The lowest BCUT2D eigenvalue weighted by Crippen LogP contribution is -2.51. The Bertz CT molecular complexity index is 505. The van der Waals surface area contributed by atoms with Crippen molar-refractivity contribution in [3.8, 4) is 0 Å². The molecule has 6 heteroatoms. The molecule has 1 aromatic rings. The summed E-state index contributed by atoms with van der Waals surface area (Å²) in [5.74, 6) is -0.0279. The normalized spacial score (nSPS) is 22.3. The van der Waals surface area contributed by atoms with Crippen LogP contribution in [0, 0.1) is 0 Å². The predicted molar refractivity (Wildman–Crippen MR) is 73.6 cm³/mol. The molecule has 0 bridgehead atoms. The number of rotatable bonds is 3. The molecular formula is C15H19F3N2O. The van der Waals surface area contributed by atoms with Gasteiger partial charge in [-0.2, -0.15) is 13.2 Å². The van der Waals surface area contributed by atoms with E-state index in [1.54, 1.807) is 11.9 Å². The molecule has 2 rings (SSSR count). The second kappa shape index (κ2) is 5.67. The van der Waals surface area contributed by atoms with Crippen LogP contribution in [0.1, 0.15) is 30.9 Å². The molecule has 1 aromatic carbocycles. The molecule has 0 aliphatic carbocycles. The van der Waals surface area contributed by atoms with Gasteiger partial charge in [0, 0.05) is 13.6 Å². The molecule has 0 spiro atoms. The van der Waals surface area contributed by atoms with Crippen molar-refractivity contribution in [3.63, 3.8) is 0 Å². The van der Waals surface area contributed by atoms with Crippen molar-refractivity contribution < 1.29 is 18.0 Å². The third-order valence-electron chi connectivity index (χ3n) is 3.89. The summed E-state index contributed by atoms with van der Waals surface area (Å²) < 4.78 is 37.5. The van der Waals surface area contributed by atoms with Crippen LogP contribution in [-0.4, -0.2) is 29.9 Å². The summed E-state index contributed by atoms with van der Waals surface area (Å²) in [7, 11) is 1.67. The van der Waals surface area contributed by atoms with E-state index in [4.69, 9.17) is 0 Å². The summed E-state index contributed by atoms with van der Waals surface area (Å²) in [4.78, 5) is 13.9. The summed E-state index contributed by atoms with van der Waals surface area (Å²) in [6, 6.07) is 4.92. The molecule has 3 nitrogen and oxygen atoms in total. The molecule has 1 aliphatic heterocycles. The number of halogens is 3. The molecule has 1 unspecified atom stereocenters. The average Bonchev–Trinajstić information content (AvgIpc) is 2.85. The maximum Gasteiger partial charge on any atom is 0.416 e. The van der Waals surface area contributed by atoms with E-state index in [9.17, 15) is 18.0 Å². The molecular weight excluding hydrogens is 281 g/mol. The Kier molecular flexibility index (Phi) is 4.27. The number of hydrogen-bond acceptors (Lipinski definition) is 2. The quantitative estimate of drug-likeness (QED) is 0.931. The Morgan fingerprint density at radius 2 is 1.95 bits per heavy atom. The molecule has 1 atom stereocenters. The van der Waals surface area contributed by atoms with Crippen molar-refractivity contribution in [3.05, 3.63) is 35.4 Å². The first-order valence-corrected chi connectivity index (χ1v) is 6.89. The molecule has 1 saturated heterocycles. The van der Waals surface area contributed by atoms with Gasteiger partial charge in [-0.15, -0.1) is 0 Å². The number of amides is 1. The van der Waals surface area contributed by atoms with E-state index in [2.05, 4.69) is 5.32 Å². The van der Waals surface area contributed by atoms with Crippen molar-refractivity contribution in [2.24, 2.45) is 0 Å². The Morgan fingerprint density at radius 3 is 2.43 bits per heavy atom. The molecule has 116 valence electrons. The molecule has 0 radical (unpaired) electrons. The minimum atomic E-state index is -4.33. The van der Waals surface area contributed by atoms with E-state index in [1.165, 1.54) is 12.1 Å².